The number of carbonyl (C=O) groups excluding carboxylic acids is 1. The van der Waals surface area contributed by atoms with Gasteiger partial charge < -0.3 is 5.11 Å². The van der Waals surface area contributed by atoms with Crippen molar-refractivity contribution >= 4 is 12.0 Å². The fourth-order valence-electron chi connectivity index (χ4n) is 1.14. The zero-order valence-electron chi connectivity index (χ0n) is 7.38. The average molecular weight is 191 g/mol. The summed E-state index contributed by atoms with van der Waals surface area (Å²) in [5.41, 5.74) is 0.707. The lowest BCUT2D eigenvalue weighted by Crippen LogP contribution is -2.03. The highest BCUT2D eigenvalue weighted by Crippen LogP contribution is 2.19. The lowest BCUT2D eigenvalue weighted by Gasteiger charge is -2.06. The molecule has 1 unspecified atom stereocenters. The van der Waals surface area contributed by atoms with Crippen LogP contribution in [0.3, 0.4) is 0 Å². The van der Waals surface area contributed by atoms with Crippen LogP contribution in [0.25, 0.3) is 0 Å². The van der Waals surface area contributed by atoms with E-state index in [1.807, 2.05) is 6.07 Å². The molecule has 1 rings (SSSR count). The minimum Gasteiger partial charge on any atom is -0.481 e. The molecule has 4 nitrogen and oxygen atoms in total. The van der Waals surface area contributed by atoms with Gasteiger partial charge in [-0.15, -0.1) is 0 Å². The van der Waals surface area contributed by atoms with E-state index in [4.69, 9.17) is 5.11 Å². The van der Waals surface area contributed by atoms with Crippen LogP contribution in [0.5, 0.6) is 0 Å². The van der Waals surface area contributed by atoms with Crippen molar-refractivity contribution in [3.8, 4) is 0 Å². The minimum atomic E-state index is -0.988. The van der Waals surface area contributed by atoms with Gasteiger partial charge in [-0.05, 0) is 5.56 Å². The average Bonchev–Trinajstić information content (AvgIpc) is 2.18. The number of hydrogen-bond acceptors (Lipinski definition) is 3. The molecule has 0 aliphatic carbocycles. The Kier molecular flexibility index (Phi) is 3.58. The number of benzene rings is 1. The molecule has 0 amide bonds. The molecule has 1 aromatic rings. The largest absolute Gasteiger partial charge is 0.481 e. The van der Waals surface area contributed by atoms with Crippen molar-refractivity contribution in [2.45, 2.75) is 12.5 Å². The Hall–Kier alpha value is -1.93. The molecule has 0 aromatic heterocycles. The van der Waals surface area contributed by atoms with E-state index in [1.165, 1.54) is 6.08 Å². The molecule has 0 heterocycles. The Balaban J connectivity index is 2.88. The van der Waals surface area contributed by atoms with Crippen molar-refractivity contribution in [1.82, 2.24) is 0 Å². The quantitative estimate of drug-likeness (QED) is 0.579. The number of carboxylic acids is 1. The molecule has 1 atom stereocenters. The van der Waals surface area contributed by atoms with Gasteiger partial charge in [-0.25, -0.2) is 4.79 Å². The minimum absolute atomic E-state index is 0.195. The van der Waals surface area contributed by atoms with E-state index in [9.17, 15) is 9.59 Å². The van der Waals surface area contributed by atoms with Crippen molar-refractivity contribution in [1.29, 1.82) is 0 Å². The first-order valence-corrected chi connectivity index (χ1v) is 4.07. The Bertz CT molecular complexity index is 355. The molecule has 0 saturated heterocycles. The molecule has 14 heavy (non-hydrogen) atoms. The molecule has 1 aromatic carbocycles. The van der Waals surface area contributed by atoms with Crippen LogP contribution >= 0.6 is 0 Å². The maximum Gasteiger partial charge on any atom is 0.305 e. The molecule has 0 aliphatic heterocycles. The van der Waals surface area contributed by atoms with E-state index in [2.05, 4.69) is 4.99 Å². The molecule has 0 radical (unpaired) electrons. The second kappa shape index (κ2) is 4.94. The first-order valence-electron chi connectivity index (χ1n) is 4.07. The molecular weight excluding hydrogens is 182 g/mol. The van der Waals surface area contributed by atoms with Gasteiger partial charge in [-0.3, -0.25) is 4.79 Å². The van der Waals surface area contributed by atoms with Crippen LogP contribution in [0.2, 0.25) is 0 Å². The molecule has 4 heteroatoms. The molecule has 0 aliphatic rings. The fourth-order valence-corrected chi connectivity index (χ4v) is 1.14. The van der Waals surface area contributed by atoms with Gasteiger partial charge in [0, 0.05) is 0 Å². The summed E-state index contributed by atoms with van der Waals surface area (Å²) in [6, 6.07) is 8.18. The zero-order chi connectivity index (χ0) is 10.4. The third-order valence-electron chi connectivity index (χ3n) is 1.76. The second-order valence-corrected chi connectivity index (χ2v) is 2.74. The highest BCUT2D eigenvalue weighted by atomic mass is 16.4. The summed E-state index contributed by atoms with van der Waals surface area (Å²) in [6.45, 7) is 0. The predicted octanol–water partition coefficient (Wildman–Crippen LogP) is 1.54. The van der Waals surface area contributed by atoms with E-state index >= 15 is 0 Å². The van der Waals surface area contributed by atoms with E-state index in [0.717, 1.165) is 0 Å². The van der Waals surface area contributed by atoms with Gasteiger partial charge in [0.25, 0.3) is 0 Å². The highest BCUT2D eigenvalue weighted by Gasteiger charge is 2.13. The van der Waals surface area contributed by atoms with Crippen LogP contribution in [-0.2, 0) is 9.59 Å². The topological polar surface area (TPSA) is 66.7 Å². The zero-order valence-corrected chi connectivity index (χ0v) is 7.38. The number of rotatable bonds is 4. The van der Waals surface area contributed by atoms with Crippen LogP contribution < -0.4 is 0 Å². The smallest absolute Gasteiger partial charge is 0.305 e. The van der Waals surface area contributed by atoms with Gasteiger partial charge in [0.2, 0.25) is 6.08 Å². The number of hydrogen-bond donors (Lipinski definition) is 1. The maximum absolute atomic E-state index is 10.5. The first kappa shape index (κ1) is 10.2. The third kappa shape index (κ3) is 2.84. The summed E-state index contributed by atoms with van der Waals surface area (Å²) in [5, 5.41) is 8.58. The molecular formula is C10H9NO3. The summed E-state index contributed by atoms with van der Waals surface area (Å²) in [7, 11) is 0. The summed E-state index contributed by atoms with van der Waals surface area (Å²) >= 11 is 0. The molecule has 0 spiro atoms. The summed E-state index contributed by atoms with van der Waals surface area (Å²) in [5.74, 6) is -0.988. The van der Waals surface area contributed by atoms with Crippen molar-refractivity contribution in [2.75, 3.05) is 0 Å². The summed E-state index contributed by atoms with van der Waals surface area (Å²) < 4.78 is 0. The predicted molar refractivity (Wildman–Crippen MR) is 49.6 cm³/mol. The van der Waals surface area contributed by atoms with E-state index < -0.39 is 12.0 Å². The third-order valence-corrected chi connectivity index (χ3v) is 1.76. The number of isocyanates is 1. The monoisotopic (exact) mass is 191 g/mol. The van der Waals surface area contributed by atoms with Crippen LogP contribution in [-0.4, -0.2) is 17.2 Å². The van der Waals surface area contributed by atoms with Gasteiger partial charge >= 0.3 is 5.97 Å². The molecule has 72 valence electrons. The van der Waals surface area contributed by atoms with E-state index in [0.29, 0.717) is 5.56 Å². The number of aliphatic carboxylic acids is 1. The second-order valence-electron chi connectivity index (χ2n) is 2.74. The summed E-state index contributed by atoms with van der Waals surface area (Å²) in [4.78, 5) is 24.0. The highest BCUT2D eigenvalue weighted by molar-refractivity contribution is 5.68. The lowest BCUT2D eigenvalue weighted by molar-refractivity contribution is -0.137. The number of carboxylic acid groups (broad SMARTS) is 1. The van der Waals surface area contributed by atoms with Crippen molar-refractivity contribution in [3.05, 3.63) is 35.9 Å². The first-order chi connectivity index (χ1) is 6.74. The molecule has 1 N–H and O–H groups in total. The van der Waals surface area contributed by atoms with E-state index in [1.54, 1.807) is 24.3 Å². The molecule has 0 saturated carbocycles. The van der Waals surface area contributed by atoms with Crippen molar-refractivity contribution in [2.24, 2.45) is 4.99 Å². The van der Waals surface area contributed by atoms with Crippen molar-refractivity contribution in [3.63, 3.8) is 0 Å². The van der Waals surface area contributed by atoms with Gasteiger partial charge in [-0.2, -0.15) is 4.99 Å². The maximum atomic E-state index is 10.5. The van der Waals surface area contributed by atoms with Crippen LogP contribution in [0.4, 0.5) is 0 Å². The SMILES string of the molecule is O=C=NC(CC(=O)O)c1ccccc1. The van der Waals surface area contributed by atoms with Crippen LogP contribution in [0.1, 0.15) is 18.0 Å². The Morgan fingerprint density at radius 2 is 2.07 bits per heavy atom. The Morgan fingerprint density at radius 3 is 2.57 bits per heavy atom. The summed E-state index contributed by atoms with van der Waals surface area (Å²) in [6.07, 6.45) is 1.19. The number of aliphatic imine (C=N–C) groups is 1. The normalized spacial score (nSPS) is 11.4. The molecule has 0 fully saturated rings. The van der Waals surface area contributed by atoms with E-state index in [-0.39, 0.29) is 6.42 Å². The van der Waals surface area contributed by atoms with Gasteiger partial charge in [0.15, 0.2) is 0 Å². The van der Waals surface area contributed by atoms with Crippen LogP contribution in [0.15, 0.2) is 35.3 Å². The Labute approximate surface area is 80.9 Å². The fraction of sp³-hybridized carbons (Fsp3) is 0.200. The number of carbonyl (C=O) groups is 1. The molecule has 0 bridgehead atoms. The number of nitrogens with zero attached hydrogens (tertiary/aromatic N) is 1. The van der Waals surface area contributed by atoms with Gasteiger partial charge in [0.05, 0.1) is 12.5 Å². The lowest BCUT2D eigenvalue weighted by atomic mass is 10.1. The van der Waals surface area contributed by atoms with Crippen molar-refractivity contribution < 1.29 is 14.7 Å². The van der Waals surface area contributed by atoms with Gasteiger partial charge in [0.1, 0.15) is 0 Å². The van der Waals surface area contributed by atoms with Gasteiger partial charge in [-0.1, -0.05) is 30.3 Å². The standard InChI is InChI=1S/C10H9NO3/c12-7-11-9(6-10(13)14)8-4-2-1-3-5-8/h1-5,9H,6H2,(H,13,14). The van der Waals surface area contributed by atoms with Crippen LogP contribution in [0, 0.1) is 0 Å². The Morgan fingerprint density at radius 1 is 1.43 bits per heavy atom.